The van der Waals surface area contributed by atoms with Gasteiger partial charge in [0, 0.05) is 10.9 Å². The van der Waals surface area contributed by atoms with Gasteiger partial charge in [0.2, 0.25) is 0 Å². The van der Waals surface area contributed by atoms with E-state index in [4.69, 9.17) is 17.4 Å². The van der Waals surface area contributed by atoms with E-state index < -0.39 is 0 Å². The number of aromatic nitrogens is 2. The molecule has 0 amide bonds. The molecule has 3 rings (SSSR count). The topological polar surface area (TPSA) is 60.9 Å². The molecule has 1 fully saturated rings. The second-order valence-electron chi connectivity index (χ2n) is 5.14. The predicted molar refractivity (Wildman–Crippen MR) is 77.0 cm³/mol. The zero-order chi connectivity index (χ0) is 13.4. The molecular weight excluding hydrogens is 262 g/mol. The Balaban J connectivity index is 2.18. The highest BCUT2D eigenvalue weighted by Crippen LogP contribution is 2.31. The summed E-state index contributed by atoms with van der Waals surface area (Å²) in [5.74, 6) is 6.93. The van der Waals surface area contributed by atoms with Gasteiger partial charge in [0.05, 0.1) is 10.9 Å². The van der Waals surface area contributed by atoms with Gasteiger partial charge < -0.3 is 5.84 Å². The third kappa shape index (κ3) is 2.21. The van der Waals surface area contributed by atoms with Crippen LogP contribution in [0.5, 0.6) is 0 Å². The zero-order valence-electron chi connectivity index (χ0n) is 10.6. The molecule has 0 atom stereocenters. The van der Waals surface area contributed by atoms with Gasteiger partial charge >= 0.3 is 0 Å². The fraction of sp³-hybridized carbons (Fsp3) is 0.429. The number of hydrogen-bond acceptors (Lipinski definition) is 3. The van der Waals surface area contributed by atoms with Crippen molar-refractivity contribution in [3.05, 3.63) is 39.4 Å². The predicted octanol–water partition coefficient (Wildman–Crippen LogP) is 2.81. The summed E-state index contributed by atoms with van der Waals surface area (Å²) in [6, 6.07) is 5.16. The minimum Gasteiger partial charge on any atom is -0.335 e. The van der Waals surface area contributed by atoms with Crippen LogP contribution >= 0.6 is 11.6 Å². The van der Waals surface area contributed by atoms with E-state index in [0.29, 0.717) is 27.7 Å². The molecule has 0 bridgehead atoms. The third-order valence-electron chi connectivity index (χ3n) is 3.86. The number of nitrogen functional groups attached to an aromatic ring is 1. The average molecular weight is 278 g/mol. The second kappa shape index (κ2) is 4.85. The highest BCUT2D eigenvalue weighted by Gasteiger charge is 2.21. The largest absolute Gasteiger partial charge is 0.335 e. The van der Waals surface area contributed by atoms with E-state index in [9.17, 15) is 4.79 Å². The molecule has 1 heterocycles. The molecule has 0 aliphatic heterocycles. The van der Waals surface area contributed by atoms with Gasteiger partial charge in [-0.05, 0) is 31.0 Å². The molecule has 0 saturated heterocycles. The van der Waals surface area contributed by atoms with Crippen LogP contribution in [-0.4, -0.2) is 9.66 Å². The van der Waals surface area contributed by atoms with Crippen LogP contribution in [0.15, 0.2) is 23.0 Å². The first-order valence-electron chi connectivity index (χ1n) is 6.64. The lowest BCUT2D eigenvalue weighted by Gasteiger charge is -2.22. The van der Waals surface area contributed by atoms with Crippen molar-refractivity contribution in [2.45, 2.75) is 38.0 Å². The van der Waals surface area contributed by atoms with Gasteiger partial charge in [-0.1, -0.05) is 30.9 Å². The Morgan fingerprint density at radius 2 is 2.00 bits per heavy atom. The van der Waals surface area contributed by atoms with Crippen LogP contribution in [0, 0.1) is 0 Å². The maximum Gasteiger partial charge on any atom is 0.279 e. The Morgan fingerprint density at radius 1 is 1.26 bits per heavy atom. The van der Waals surface area contributed by atoms with Crippen molar-refractivity contribution in [2.75, 3.05) is 5.84 Å². The van der Waals surface area contributed by atoms with Crippen LogP contribution in [0.2, 0.25) is 5.02 Å². The van der Waals surface area contributed by atoms with E-state index in [0.717, 1.165) is 12.8 Å². The molecule has 5 heteroatoms. The standard InChI is InChI=1S/C14H16ClN3O/c15-10-6-7-12-11(8-10)14(19)18(16)13(17-12)9-4-2-1-3-5-9/h6-9H,1-5,16H2. The Hall–Kier alpha value is -1.55. The van der Waals surface area contributed by atoms with Gasteiger partial charge in [0.25, 0.3) is 5.56 Å². The van der Waals surface area contributed by atoms with Crippen molar-refractivity contribution >= 4 is 22.5 Å². The Kier molecular flexibility index (Phi) is 3.19. The van der Waals surface area contributed by atoms with Gasteiger partial charge in [-0.2, -0.15) is 0 Å². The Labute approximate surface area is 116 Å². The van der Waals surface area contributed by atoms with Crippen LogP contribution in [0.1, 0.15) is 43.8 Å². The fourth-order valence-corrected chi connectivity index (χ4v) is 3.01. The van der Waals surface area contributed by atoms with Crippen LogP contribution in [-0.2, 0) is 0 Å². The summed E-state index contributed by atoms with van der Waals surface area (Å²) >= 11 is 5.91. The molecule has 1 aromatic carbocycles. The molecule has 2 N–H and O–H groups in total. The summed E-state index contributed by atoms with van der Waals surface area (Å²) < 4.78 is 1.20. The lowest BCUT2D eigenvalue weighted by molar-refractivity contribution is 0.420. The molecule has 1 saturated carbocycles. The highest BCUT2D eigenvalue weighted by molar-refractivity contribution is 6.31. The lowest BCUT2D eigenvalue weighted by atomic mass is 9.88. The van der Waals surface area contributed by atoms with Gasteiger partial charge in [-0.25, -0.2) is 9.66 Å². The number of benzene rings is 1. The first-order chi connectivity index (χ1) is 9.16. The molecular formula is C14H16ClN3O. The number of nitrogens with two attached hydrogens (primary N) is 1. The molecule has 0 unspecified atom stereocenters. The molecule has 2 aromatic rings. The van der Waals surface area contributed by atoms with E-state index in [-0.39, 0.29) is 5.56 Å². The van der Waals surface area contributed by atoms with E-state index in [1.807, 2.05) is 0 Å². The van der Waals surface area contributed by atoms with Gasteiger partial charge in [0.1, 0.15) is 5.82 Å². The molecule has 4 nitrogen and oxygen atoms in total. The van der Waals surface area contributed by atoms with E-state index in [2.05, 4.69) is 4.98 Å². The Morgan fingerprint density at radius 3 is 2.74 bits per heavy atom. The maximum atomic E-state index is 12.3. The highest BCUT2D eigenvalue weighted by atomic mass is 35.5. The number of hydrogen-bond donors (Lipinski definition) is 1. The SMILES string of the molecule is Nn1c(C2CCCCC2)nc2ccc(Cl)cc2c1=O. The third-order valence-corrected chi connectivity index (χ3v) is 4.10. The molecule has 100 valence electrons. The second-order valence-corrected chi connectivity index (χ2v) is 5.58. The lowest BCUT2D eigenvalue weighted by Crippen LogP contribution is -2.33. The normalized spacial score (nSPS) is 16.9. The molecule has 0 radical (unpaired) electrons. The summed E-state index contributed by atoms with van der Waals surface area (Å²) in [7, 11) is 0. The summed E-state index contributed by atoms with van der Waals surface area (Å²) in [5, 5.41) is 1.01. The van der Waals surface area contributed by atoms with E-state index in [1.54, 1.807) is 18.2 Å². The molecule has 1 aliphatic rings. The monoisotopic (exact) mass is 277 g/mol. The first-order valence-corrected chi connectivity index (χ1v) is 7.02. The minimum atomic E-state index is -0.215. The summed E-state index contributed by atoms with van der Waals surface area (Å²) in [5.41, 5.74) is 0.463. The fourth-order valence-electron chi connectivity index (χ4n) is 2.84. The van der Waals surface area contributed by atoms with Gasteiger partial charge in [0.15, 0.2) is 0 Å². The smallest absolute Gasteiger partial charge is 0.279 e. The average Bonchev–Trinajstić information content (AvgIpc) is 2.44. The summed E-state index contributed by atoms with van der Waals surface area (Å²) in [6.45, 7) is 0. The van der Waals surface area contributed by atoms with Crippen LogP contribution < -0.4 is 11.4 Å². The Bertz CT molecular complexity index is 674. The number of halogens is 1. The van der Waals surface area contributed by atoms with Crippen molar-refractivity contribution in [1.82, 2.24) is 9.66 Å². The summed E-state index contributed by atoms with van der Waals surface area (Å²) in [6.07, 6.45) is 5.73. The minimum absolute atomic E-state index is 0.215. The quantitative estimate of drug-likeness (QED) is 0.816. The van der Waals surface area contributed by atoms with Crippen LogP contribution in [0.4, 0.5) is 0 Å². The molecule has 1 aromatic heterocycles. The van der Waals surface area contributed by atoms with Crippen molar-refractivity contribution in [2.24, 2.45) is 0 Å². The van der Waals surface area contributed by atoms with Crippen LogP contribution in [0.25, 0.3) is 10.9 Å². The number of rotatable bonds is 1. The molecule has 0 spiro atoms. The van der Waals surface area contributed by atoms with Crippen molar-refractivity contribution < 1.29 is 0 Å². The van der Waals surface area contributed by atoms with E-state index >= 15 is 0 Å². The van der Waals surface area contributed by atoms with Crippen molar-refractivity contribution in [1.29, 1.82) is 0 Å². The zero-order valence-corrected chi connectivity index (χ0v) is 11.4. The molecule has 1 aliphatic carbocycles. The van der Waals surface area contributed by atoms with Crippen molar-refractivity contribution in [3.63, 3.8) is 0 Å². The van der Waals surface area contributed by atoms with Crippen molar-refractivity contribution in [3.8, 4) is 0 Å². The van der Waals surface area contributed by atoms with E-state index in [1.165, 1.54) is 23.9 Å². The van der Waals surface area contributed by atoms with Crippen LogP contribution in [0.3, 0.4) is 0 Å². The maximum absolute atomic E-state index is 12.3. The molecule has 19 heavy (non-hydrogen) atoms. The van der Waals surface area contributed by atoms with Gasteiger partial charge in [-0.15, -0.1) is 0 Å². The summed E-state index contributed by atoms with van der Waals surface area (Å²) in [4.78, 5) is 16.9. The first kappa shape index (κ1) is 12.5. The van der Waals surface area contributed by atoms with Gasteiger partial charge in [-0.3, -0.25) is 4.79 Å². The number of nitrogens with zero attached hydrogens (tertiary/aromatic N) is 2. The number of fused-ring (bicyclic) bond motifs is 1.